The van der Waals surface area contributed by atoms with Crippen LogP contribution < -0.4 is 0 Å². The van der Waals surface area contributed by atoms with Gasteiger partial charge in [0.25, 0.3) is 11.8 Å². The molecule has 0 saturated carbocycles. The molecule has 25 heavy (non-hydrogen) atoms. The van der Waals surface area contributed by atoms with Crippen LogP contribution in [-0.2, 0) is 6.54 Å². The number of rotatable bonds is 3. The van der Waals surface area contributed by atoms with E-state index < -0.39 is 0 Å². The molecule has 2 heterocycles. The van der Waals surface area contributed by atoms with E-state index >= 15 is 0 Å². The number of nitrogens with zero attached hydrogens (tertiary/aromatic N) is 2. The number of halogens is 1. The fourth-order valence-corrected chi connectivity index (χ4v) is 3.77. The number of piperidine rings is 1. The van der Waals surface area contributed by atoms with Gasteiger partial charge < -0.3 is 0 Å². The predicted molar refractivity (Wildman–Crippen MR) is 98.9 cm³/mol. The van der Waals surface area contributed by atoms with Crippen molar-refractivity contribution < 1.29 is 9.59 Å². The van der Waals surface area contributed by atoms with Gasteiger partial charge in [0.2, 0.25) is 0 Å². The zero-order valence-electron chi connectivity index (χ0n) is 13.9. The Morgan fingerprint density at radius 2 is 1.48 bits per heavy atom. The van der Waals surface area contributed by atoms with Gasteiger partial charge in [-0.3, -0.25) is 19.4 Å². The van der Waals surface area contributed by atoms with Crippen LogP contribution >= 0.6 is 12.4 Å². The summed E-state index contributed by atoms with van der Waals surface area (Å²) >= 11 is 0. The highest BCUT2D eigenvalue weighted by atomic mass is 35.5. The SMILES string of the molecule is Cl.O=C1c2ccccc2C(=O)N1[C@@H]1CCCN(Cc2ccccc2)C1. The number of hydrogen-bond acceptors (Lipinski definition) is 3. The summed E-state index contributed by atoms with van der Waals surface area (Å²) in [5.74, 6) is -0.274. The summed E-state index contributed by atoms with van der Waals surface area (Å²) < 4.78 is 0. The maximum atomic E-state index is 12.7. The lowest BCUT2D eigenvalue weighted by Crippen LogP contribution is -2.49. The molecule has 2 aromatic carbocycles. The molecule has 5 heteroatoms. The third kappa shape index (κ3) is 3.32. The average molecular weight is 357 g/mol. The molecule has 0 radical (unpaired) electrons. The van der Waals surface area contributed by atoms with Gasteiger partial charge in [0.1, 0.15) is 0 Å². The van der Waals surface area contributed by atoms with Crippen molar-refractivity contribution in [2.45, 2.75) is 25.4 Å². The minimum Gasteiger partial charge on any atom is -0.297 e. The molecule has 1 atom stereocenters. The summed E-state index contributed by atoms with van der Waals surface area (Å²) in [5.41, 5.74) is 2.35. The van der Waals surface area contributed by atoms with Crippen molar-refractivity contribution in [2.24, 2.45) is 0 Å². The maximum absolute atomic E-state index is 12.7. The second-order valence-corrected chi connectivity index (χ2v) is 6.54. The largest absolute Gasteiger partial charge is 0.297 e. The Labute approximate surface area is 153 Å². The minimum atomic E-state index is -0.137. The van der Waals surface area contributed by atoms with Crippen molar-refractivity contribution in [3.8, 4) is 0 Å². The number of fused-ring (bicyclic) bond motifs is 1. The number of amides is 2. The lowest BCUT2D eigenvalue weighted by Gasteiger charge is -2.36. The molecule has 130 valence electrons. The number of imide groups is 1. The number of carbonyl (C=O) groups is 2. The Morgan fingerprint density at radius 1 is 0.880 bits per heavy atom. The Bertz CT molecular complexity index is 743. The Morgan fingerprint density at radius 3 is 2.12 bits per heavy atom. The molecule has 2 aromatic rings. The van der Waals surface area contributed by atoms with Crippen LogP contribution in [0.4, 0.5) is 0 Å². The molecule has 2 amide bonds. The topological polar surface area (TPSA) is 40.6 Å². The molecular formula is C20H21ClN2O2. The van der Waals surface area contributed by atoms with Gasteiger partial charge in [-0.05, 0) is 37.1 Å². The molecule has 4 nitrogen and oxygen atoms in total. The highest BCUT2D eigenvalue weighted by molar-refractivity contribution is 6.21. The molecular weight excluding hydrogens is 336 g/mol. The van der Waals surface area contributed by atoms with Gasteiger partial charge in [-0.2, -0.15) is 0 Å². The summed E-state index contributed by atoms with van der Waals surface area (Å²) in [7, 11) is 0. The molecule has 2 aliphatic heterocycles. The molecule has 0 N–H and O–H groups in total. The number of carbonyl (C=O) groups excluding carboxylic acids is 2. The lowest BCUT2D eigenvalue weighted by molar-refractivity contribution is 0.0475. The Kier molecular flexibility index (Phi) is 5.21. The van der Waals surface area contributed by atoms with Gasteiger partial charge in [0, 0.05) is 13.1 Å². The second kappa shape index (κ2) is 7.38. The zero-order valence-corrected chi connectivity index (χ0v) is 14.7. The van der Waals surface area contributed by atoms with Crippen molar-refractivity contribution in [3.63, 3.8) is 0 Å². The van der Waals surface area contributed by atoms with Crippen molar-refractivity contribution in [1.82, 2.24) is 9.80 Å². The molecule has 0 unspecified atom stereocenters. The van der Waals surface area contributed by atoms with Crippen LogP contribution in [0.25, 0.3) is 0 Å². The lowest BCUT2D eigenvalue weighted by atomic mass is 10.0. The molecule has 4 rings (SSSR count). The summed E-state index contributed by atoms with van der Waals surface area (Å²) in [6.07, 6.45) is 1.89. The van der Waals surface area contributed by atoms with E-state index in [9.17, 15) is 9.59 Å². The van der Waals surface area contributed by atoms with Crippen molar-refractivity contribution in [1.29, 1.82) is 0 Å². The van der Waals surface area contributed by atoms with Crippen LogP contribution in [0.5, 0.6) is 0 Å². The van der Waals surface area contributed by atoms with Gasteiger partial charge in [0.15, 0.2) is 0 Å². The molecule has 0 spiro atoms. The van der Waals surface area contributed by atoms with Crippen LogP contribution in [0.1, 0.15) is 39.1 Å². The van der Waals surface area contributed by atoms with Crippen molar-refractivity contribution >= 4 is 24.2 Å². The van der Waals surface area contributed by atoms with Crippen molar-refractivity contribution in [3.05, 3.63) is 71.3 Å². The van der Waals surface area contributed by atoms with E-state index in [4.69, 9.17) is 0 Å². The first-order valence-corrected chi connectivity index (χ1v) is 8.47. The quantitative estimate of drug-likeness (QED) is 0.792. The standard InChI is InChI=1S/C20H20N2O2.ClH/c23-19-17-10-4-5-11-18(17)20(24)22(19)16-9-6-12-21(14-16)13-15-7-2-1-3-8-15;/h1-5,7-8,10-11,16H,6,9,12-14H2;1H/t16-;/m1./s1. The average Bonchev–Trinajstić information content (AvgIpc) is 2.87. The van der Waals surface area contributed by atoms with E-state index in [1.54, 1.807) is 12.1 Å². The van der Waals surface area contributed by atoms with E-state index in [0.717, 1.165) is 32.5 Å². The molecule has 1 fully saturated rings. The van der Waals surface area contributed by atoms with Gasteiger partial charge in [-0.25, -0.2) is 0 Å². The monoisotopic (exact) mass is 356 g/mol. The number of benzene rings is 2. The van der Waals surface area contributed by atoms with Gasteiger partial charge >= 0.3 is 0 Å². The van der Waals surface area contributed by atoms with Crippen LogP contribution in [0, 0.1) is 0 Å². The predicted octanol–water partition coefficient (Wildman–Crippen LogP) is 3.37. The fraction of sp³-hybridized carbons (Fsp3) is 0.300. The summed E-state index contributed by atoms with van der Waals surface area (Å²) in [6, 6.07) is 17.4. The minimum absolute atomic E-state index is 0. The second-order valence-electron chi connectivity index (χ2n) is 6.54. The van der Waals surface area contributed by atoms with Crippen LogP contribution in [0.15, 0.2) is 54.6 Å². The number of likely N-dealkylation sites (tertiary alicyclic amines) is 1. The van der Waals surface area contributed by atoms with E-state index in [1.807, 2.05) is 30.3 Å². The van der Waals surface area contributed by atoms with E-state index in [0.29, 0.717) is 11.1 Å². The van der Waals surface area contributed by atoms with Crippen molar-refractivity contribution in [2.75, 3.05) is 13.1 Å². The zero-order chi connectivity index (χ0) is 16.5. The first-order valence-electron chi connectivity index (χ1n) is 8.47. The smallest absolute Gasteiger partial charge is 0.261 e. The summed E-state index contributed by atoms with van der Waals surface area (Å²) in [6.45, 7) is 2.62. The Balaban J connectivity index is 0.00000182. The molecule has 2 aliphatic rings. The molecule has 1 saturated heterocycles. The first kappa shape index (κ1) is 17.6. The van der Waals surface area contributed by atoms with Gasteiger partial charge in [-0.15, -0.1) is 12.4 Å². The van der Waals surface area contributed by atoms with Crippen LogP contribution in [0.3, 0.4) is 0 Å². The maximum Gasteiger partial charge on any atom is 0.261 e. The normalized spacial score (nSPS) is 20.3. The third-order valence-corrected chi connectivity index (χ3v) is 4.92. The molecule has 0 aromatic heterocycles. The summed E-state index contributed by atoms with van der Waals surface area (Å²) in [4.78, 5) is 29.1. The first-order chi connectivity index (χ1) is 11.7. The highest BCUT2D eigenvalue weighted by Crippen LogP contribution is 2.28. The van der Waals surface area contributed by atoms with Gasteiger partial charge in [0.05, 0.1) is 17.2 Å². The van der Waals surface area contributed by atoms with E-state index in [2.05, 4.69) is 17.0 Å². The van der Waals surface area contributed by atoms with Crippen LogP contribution in [-0.4, -0.2) is 40.7 Å². The van der Waals surface area contributed by atoms with Crippen LogP contribution in [0.2, 0.25) is 0 Å². The third-order valence-electron chi connectivity index (χ3n) is 4.92. The highest BCUT2D eigenvalue weighted by Gasteiger charge is 2.40. The molecule has 0 bridgehead atoms. The van der Waals surface area contributed by atoms with Gasteiger partial charge in [-0.1, -0.05) is 42.5 Å². The fourth-order valence-electron chi connectivity index (χ4n) is 3.77. The molecule has 0 aliphatic carbocycles. The summed E-state index contributed by atoms with van der Waals surface area (Å²) in [5, 5.41) is 0. The Hall–Kier alpha value is -2.17. The van der Waals surface area contributed by atoms with E-state index in [1.165, 1.54) is 10.5 Å². The van der Waals surface area contributed by atoms with E-state index in [-0.39, 0.29) is 30.3 Å². The number of hydrogen-bond donors (Lipinski definition) is 0.